The lowest BCUT2D eigenvalue weighted by Crippen LogP contribution is -2.36. The van der Waals surface area contributed by atoms with Crippen LogP contribution in [0.25, 0.3) is 0 Å². The van der Waals surface area contributed by atoms with Gasteiger partial charge in [0.2, 0.25) is 5.91 Å². The number of aromatic nitrogens is 1. The van der Waals surface area contributed by atoms with Crippen LogP contribution in [0.4, 0.5) is 0 Å². The Hall–Kier alpha value is -1.42. The number of pyridine rings is 1. The van der Waals surface area contributed by atoms with Crippen molar-refractivity contribution in [1.29, 1.82) is 0 Å². The third-order valence-electron chi connectivity index (χ3n) is 2.75. The second kappa shape index (κ2) is 7.79. The Morgan fingerprint density at radius 1 is 1.53 bits per heavy atom. The van der Waals surface area contributed by atoms with Crippen molar-refractivity contribution in [3.8, 4) is 0 Å². The minimum absolute atomic E-state index is 0.0638. The highest BCUT2D eigenvalue weighted by atomic mass is 16.1. The normalized spacial score (nSPS) is 12.1. The lowest BCUT2D eigenvalue weighted by atomic mass is 10.1. The molecule has 0 saturated heterocycles. The van der Waals surface area contributed by atoms with Crippen LogP contribution < -0.4 is 10.6 Å². The van der Waals surface area contributed by atoms with Gasteiger partial charge in [-0.1, -0.05) is 13.0 Å². The fraction of sp³-hybridized carbons (Fsp3) is 0.538. The molecule has 4 nitrogen and oxygen atoms in total. The van der Waals surface area contributed by atoms with E-state index in [9.17, 15) is 4.79 Å². The van der Waals surface area contributed by atoms with Crippen LogP contribution in [-0.4, -0.2) is 31.0 Å². The topological polar surface area (TPSA) is 54.0 Å². The van der Waals surface area contributed by atoms with Crippen molar-refractivity contribution >= 4 is 5.91 Å². The zero-order valence-corrected chi connectivity index (χ0v) is 10.6. The van der Waals surface area contributed by atoms with E-state index in [1.54, 1.807) is 6.20 Å². The molecule has 1 rings (SSSR count). The average molecular weight is 235 g/mol. The van der Waals surface area contributed by atoms with Crippen LogP contribution in [0.15, 0.2) is 24.5 Å². The summed E-state index contributed by atoms with van der Waals surface area (Å²) in [6, 6.07) is 3.93. The first-order chi connectivity index (χ1) is 8.27. The Bertz CT molecular complexity index is 327. The summed E-state index contributed by atoms with van der Waals surface area (Å²) in [6.45, 7) is 3.43. The van der Waals surface area contributed by atoms with E-state index in [0.717, 1.165) is 24.9 Å². The van der Waals surface area contributed by atoms with Crippen molar-refractivity contribution < 1.29 is 4.79 Å². The van der Waals surface area contributed by atoms with E-state index in [2.05, 4.69) is 15.6 Å². The van der Waals surface area contributed by atoms with Gasteiger partial charge in [0.05, 0.1) is 5.92 Å². The summed E-state index contributed by atoms with van der Waals surface area (Å²) in [5.41, 5.74) is 1.15. The average Bonchev–Trinajstić information content (AvgIpc) is 2.37. The molecule has 0 spiro atoms. The van der Waals surface area contributed by atoms with Gasteiger partial charge in [0.1, 0.15) is 0 Å². The predicted octanol–water partition coefficient (Wildman–Crippen LogP) is 0.986. The molecule has 1 heterocycles. The molecule has 17 heavy (non-hydrogen) atoms. The number of hydrogen-bond acceptors (Lipinski definition) is 3. The van der Waals surface area contributed by atoms with Crippen molar-refractivity contribution in [2.75, 3.05) is 20.1 Å². The van der Waals surface area contributed by atoms with Gasteiger partial charge < -0.3 is 10.6 Å². The Morgan fingerprint density at radius 2 is 2.35 bits per heavy atom. The Kier molecular flexibility index (Phi) is 6.25. The molecule has 94 valence electrons. The largest absolute Gasteiger partial charge is 0.355 e. The van der Waals surface area contributed by atoms with Crippen LogP contribution >= 0.6 is 0 Å². The van der Waals surface area contributed by atoms with Crippen LogP contribution in [0.1, 0.15) is 18.9 Å². The van der Waals surface area contributed by atoms with E-state index in [1.807, 2.05) is 32.3 Å². The maximum Gasteiger partial charge on any atom is 0.224 e. The van der Waals surface area contributed by atoms with Crippen molar-refractivity contribution in [3.05, 3.63) is 30.1 Å². The highest BCUT2D eigenvalue weighted by Crippen LogP contribution is 2.01. The highest BCUT2D eigenvalue weighted by Gasteiger charge is 2.14. The van der Waals surface area contributed by atoms with E-state index in [4.69, 9.17) is 0 Å². The number of carbonyl (C=O) groups excluding carboxylic acids is 1. The van der Waals surface area contributed by atoms with E-state index >= 15 is 0 Å². The van der Waals surface area contributed by atoms with Gasteiger partial charge in [-0.05, 0) is 31.5 Å². The molecule has 1 aromatic heterocycles. The number of nitrogens with zero attached hydrogens (tertiary/aromatic N) is 1. The fourth-order valence-corrected chi connectivity index (χ4v) is 1.69. The maximum atomic E-state index is 11.8. The molecule has 0 aromatic carbocycles. The summed E-state index contributed by atoms with van der Waals surface area (Å²) >= 11 is 0. The molecule has 1 amide bonds. The van der Waals surface area contributed by atoms with E-state index in [-0.39, 0.29) is 11.8 Å². The van der Waals surface area contributed by atoms with Crippen LogP contribution in [0, 0.1) is 5.92 Å². The first kappa shape index (κ1) is 13.6. The van der Waals surface area contributed by atoms with Gasteiger partial charge in [0.25, 0.3) is 0 Å². The van der Waals surface area contributed by atoms with Crippen LogP contribution in [0.5, 0.6) is 0 Å². The first-order valence-corrected chi connectivity index (χ1v) is 6.09. The Labute approximate surface area is 103 Å². The predicted molar refractivity (Wildman–Crippen MR) is 68.7 cm³/mol. The second-order valence-corrected chi connectivity index (χ2v) is 4.07. The number of amides is 1. The number of hydrogen-bond donors (Lipinski definition) is 2. The summed E-state index contributed by atoms with van der Waals surface area (Å²) in [7, 11) is 1.87. The standard InChI is InChI=1S/C13H21N3O/c1-3-12(10-14-2)13(17)16-8-6-11-5-4-7-15-9-11/h4-5,7,9,12,14H,3,6,8,10H2,1-2H3,(H,16,17). The molecule has 4 heteroatoms. The van der Waals surface area contributed by atoms with Gasteiger partial charge in [-0.3, -0.25) is 9.78 Å². The summed E-state index contributed by atoms with van der Waals surface area (Å²) in [5, 5.41) is 6.00. The summed E-state index contributed by atoms with van der Waals surface area (Å²) in [5.74, 6) is 0.194. The van der Waals surface area contributed by atoms with Crippen molar-refractivity contribution in [2.24, 2.45) is 5.92 Å². The fourth-order valence-electron chi connectivity index (χ4n) is 1.69. The molecule has 0 bridgehead atoms. The van der Waals surface area contributed by atoms with Gasteiger partial charge in [-0.25, -0.2) is 0 Å². The van der Waals surface area contributed by atoms with Crippen molar-refractivity contribution in [3.63, 3.8) is 0 Å². The van der Waals surface area contributed by atoms with Gasteiger partial charge in [0, 0.05) is 25.5 Å². The van der Waals surface area contributed by atoms with Crippen LogP contribution in [0.3, 0.4) is 0 Å². The quantitative estimate of drug-likeness (QED) is 0.741. The third-order valence-corrected chi connectivity index (χ3v) is 2.75. The van der Waals surface area contributed by atoms with Gasteiger partial charge >= 0.3 is 0 Å². The highest BCUT2D eigenvalue weighted by molar-refractivity contribution is 5.78. The van der Waals surface area contributed by atoms with E-state index in [1.165, 1.54) is 0 Å². The van der Waals surface area contributed by atoms with Crippen LogP contribution in [-0.2, 0) is 11.2 Å². The Balaban J connectivity index is 2.28. The van der Waals surface area contributed by atoms with Gasteiger partial charge in [-0.15, -0.1) is 0 Å². The summed E-state index contributed by atoms with van der Waals surface area (Å²) < 4.78 is 0. The molecule has 2 N–H and O–H groups in total. The molecule has 0 saturated carbocycles. The minimum Gasteiger partial charge on any atom is -0.355 e. The second-order valence-electron chi connectivity index (χ2n) is 4.07. The zero-order valence-electron chi connectivity index (χ0n) is 10.6. The van der Waals surface area contributed by atoms with Crippen molar-refractivity contribution in [2.45, 2.75) is 19.8 Å². The number of nitrogens with one attached hydrogen (secondary N) is 2. The first-order valence-electron chi connectivity index (χ1n) is 6.09. The Morgan fingerprint density at radius 3 is 2.94 bits per heavy atom. The smallest absolute Gasteiger partial charge is 0.224 e. The van der Waals surface area contributed by atoms with Gasteiger partial charge in [-0.2, -0.15) is 0 Å². The molecule has 1 unspecified atom stereocenters. The molecule has 0 radical (unpaired) electrons. The molecule has 1 atom stereocenters. The molecule has 0 fully saturated rings. The maximum absolute atomic E-state index is 11.8. The summed E-state index contributed by atoms with van der Waals surface area (Å²) in [6.07, 6.45) is 5.27. The molecule has 1 aromatic rings. The molecule has 0 aliphatic rings. The number of carbonyl (C=O) groups is 1. The zero-order chi connectivity index (χ0) is 12.5. The third kappa shape index (κ3) is 4.95. The SMILES string of the molecule is CCC(CNC)C(=O)NCCc1cccnc1. The summed E-state index contributed by atoms with van der Waals surface area (Å²) in [4.78, 5) is 15.8. The minimum atomic E-state index is 0.0638. The van der Waals surface area contributed by atoms with Crippen LogP contribution in [0.2, 0.25) is 0 Å². The lowest BCUT2D eigenvalue weighted by Gasteiger charge is -2.14. The molecular weight excluding hydrogens is 214 g/mol. The van der Waals surface area contributed by atoms with Gasteiger partial charge in [0.15, 0.2) is 0 Å². The molecule has 0 aliphatic heterocycles. The number of rotatable bonds is 7. The molecular formula is C13H21N3O. The monoisotopic (exact) mass is 235 g/mol. The lowest BCUT2D eigenvalue weighted by molar-refractivity contribution is -0.124. The van der Waals surface area contributed by atoms with E-state index < -0.39 is 0 Å². The molecule has 0 aliphatic carbocycles. The van der Waals surface area contributed by atoms with Crippen molar-refractivity contribution in [1.82, 2.24) is 15.6 Å². The van der Waals surface area contributed by atoms with E-state index in [0.29, 0.717) is 6.54 Å².